The highest BCUT2D eigenvalue weighted by molar-refractivity contribution is 6.32. The lowest BCUT2D eigenvalue weighted by molar-refractivity contribution is 0.657. The van der Waals surface area contributed by atoms with E-state index < -0.39 is 5.69 Å². The van der Waals surface area contributed by atoms with Crippen molar-refractivity contribution >= 4 is 23.2 Å². The van der Waals surface area contributed by atoms with Crippen LogP contribution in [0.4, 0.5) is 0 Å². The van der Waals surface area contributed by atoms with E-state index in [1.54, 1.807) is 24.3 Å². The van der Waals surface area contributed by atoms with Crippen LogP contribution in [0.3, 0.4) is 0 Å². The lowest BCUT2D eigenvalue weighted by atomic mass is 10.1. The summed E-state index contributed by atoms with van der Waals surface area (Å²) < 4.78 is 1.25. The number of rotatable bonds is 2. The highest BCUT2D eigenvalue weighted by Gasteiger charge is 2.28. The average Bonchev–Trinajstić information content (AvgIpc) is 3.15. The van der Waals surface area contributed by atoms with Crippen molar-refractivity contribution in [1.29, 1.82) is 0 Å². The summed E-state index contributed by atoms with van der Waals surface area (Å²) in [5, 5.41) is 0.640. The van der Waals surface area contributed by atoms with Gasteiger partial charge in [-0.05, 0) is 30.5 Å². The first-order valence-corrected chi connectivity index (χ1v) is 6.64. The van der Waals surface area contributed by atoms with Gasteiger partial charge in [0.1, 0.15) is 5.15 Å². The van der Waals surface area contributed by atoms with E-state index in [1.165, 1.54) is 4.57 Å². The fourth-order valence-corrected chi connectivity index (χ4v) is 2.45. The Bertz CT molecular complexity index is 743. The number of aromatic nitrogens is 2. The van der Waals surface area contributed by atoms with Crippen LogP contribution in [0.25, 0.3) is 11.1 Å². The Morgan fingerprint density at radius 2 is 1.74 bits per heavy atom. The summed E-state index contributed by atoms with van der Waals surface area (Å²) in [5.41, 5.74) is 0.156. The molecular weight excluding hydrogens is 287 g/mol. The van der Waals surface area contributed by atoms with Crippen LogP contribution in [0.5, 0.6) is 0 Å². The van der Waals surface area contributed by atoms with Crippen molar-refractivity contribution in [3.05, 3.63) is 55.3 Å². The van der Waals surface area contributed by atoms with Crippen LogP contribution in [-0.4, -0.2) is 9.55 Å². The molecule has 0 amide bonds. The minimum Gasteiger partial charge on any atom is -0.297 e. The molecule has 0 bridgehead atoms. The second kappa shape index (κ2) is 4.54. The van der Waals surface area contributed by atoms with Gasteiger partial charge in [-0.3, -0.25) is 14.3 Å². The maximum Gasteiger partial charge on any atom is 0.329 e. The Balaban J connectivity index is 2.26. The predicted molar refractivity (Wildman–Crippen MR) is 75.0 cm³/mol. The third-order valence-corrected chi connectivity index (χ3v) is 3.67. The van der Waals surface area contributed by atoms with Gasteiger partial charge in [0.2, 0.25) is 0 Å². The molecule has 3 rings (SSSR count). The van der Waals surface area contributed by atoms with Gasteiger partial charge in [0, 0.05) is 11.1 Å². The number of hydrogen-bond acceptors (Lipinski definition) is 2. The third kappa shape index (κ3) is 2.22. The number of benzene rings is 1. The molecule has 6 heteroatoms. The molecule has 0 unspecified atom stereocenters. The van der Waals surface area contributed by atoms with E-state index in [4.69, 9.17) is 23.2 Å². The number of hydrogen-bond donors (Lipinski definition) is 1. The predicted octanol–water partition coefficient (Wildman–Crippen LogP) is 2.85. The van der Waals surface area contributed by atoms with Gasteiger partial charge >= 0.3 is 5.69 Å². The van der Waals surface area contributed by atoms with Gasteiger partial charge in [0.05, 0.1) is 5.56 Å². The summed E-state index contributed by atoms with van der Waals surface area (Å²) >= 11 is 11.8. The van der Waals surface area contributed by atoms with E-state index in [1.807, 2.05) is 0 Å². The van der Waals surface area contributed by atoms with Crippen molar-refractivity contribution in [3.63, 3.8) is 0 Å². The van der Waals surface area contributed by atoms with Gasteiger partial charge in [0.15, 0.2) is 0 Å². The molecule has 1 aliphatic rings. The molecule has 0 aliphatic heterocycles. The zero-order valence-electron chi connectivity index (χ0n) is 9.82. The molecule has 1 aromatic heterocycles. The number of halogens is 2. The van der Waals surface area contributed by atoms with Gasteiger partial charge in [-0.1, -0.05) is 35.3 Å². The Morgan fingerprint density at radius 3 is 2.32 bits per heavy atom. The summed E-state index contributed by atoms with van der Waals surface area (Å²) in [4.78, 5) is 26.7. The molecule has 19 heavy (non-hydrogen) atoms. The lowest BCUT2D eigenvalue weighted by Crippen LogP contribution is -2.35. The van der Waals surface area contributed by atoms with Crippen molar-refractivity contribution in [1.82, 2.24) is 9.55 Å². The summed E-state index contributed by atoms with van der Waals surface area (Å²) in [6.07, 6.45) is 1.70. The smallest absolute Gasteiger partial charge is 0.297 e. The number of aromatic amines is 1. The van der Waals surface area contributed by atoms with E-state index in [9.17, 15) is 9.59 Å². The molecule has 0 atom stereocenters. The van der Waals surface area contributed by atoms with E-state index >= 15 is 0 Å². The van der Waals surface area contributed by atoms with Crippen LogP contribution < -0.4 is 11.2 Å². The number of H-pyrrole nitrogens is 1. The Kier molecular flexibility index (Phi) is 2.99. The normalized spacial score (nSPS) is 14.6. The molecule has 0 spiro atoms. The van der Waals surface area contributed by atoms with Gasteiger partial charge in [-0.25, -0.2) is 4.79 Å². The van der Waals surface area contributed by atoms with Crippen LogP contribution in [-0.2, 0) is 0 Å². The molecule has 1 fully saturated rings. The zero-order valence-corrected chi connectivity index (χ0v) is 11.3. The van der Waals surface area contributed by atoms with Crippen LogP contribution >= 0.6 is 23.2 Å². The van der Waals surface area contributed by atoms with Crippen molar-refractivity contribution in [2.45, 2.75) is 18.9 Å². The average molecular weight is 297 g/mol. The first-order chi connectivity index (χ1) is 9.08. The molecule has 1 aromatic carbocycles. The first kappa shape index (κ1) is 12.5. The first-order valence-electron chi connectivity index (χ1n) is 5.88. The fraction of sp³-hybridized carbons (Fsp3) is 0.231. The molecule has 98 valence electrons. The number of nitrogens with zero attached hydrogens (tertiary/aromatic N) is 1. The molecule has 0 saturated heterocycles. The minimum atomic E-state index is -0.449. The topological polar surface area (TPSA) is 54.9 Å². The monoisotopic (exact) mass is 296 g/mol. The maximum absolute atomic E-state index is 12.4. The van der Waals surface area contributed by atoms with Crippen LogP contribution in [0.15, 0.2) is 33.9 Å². The molecule has 2 aromatic rings. The largest absolute Gasteiger partial charge is 0.329 e. The fourth-order valence-electron chi connectivity index (χ4n) is 2.05. The van der Waals surface area contributed by atoms with Crippen LogP contribution in [0.1, 0.15) is 18.9 Å². The summed E-state index contributed by atoms with van der Waals surface area (Å²) in [5.74, 6) is 0. The van der Waals surface area contributed by atoms with Crippen molar-refractivity contribution in [2.24, 2.45) is 0 Å². The maximum atomic E-state index is 12.4. The van der Waals surface area contributed by atoms with Gasteiger partial charge in [-0.2, -0.15) is 0 Å². The highest BCUT2D eigenvalue weighted by Crippen LogP contribution is 2.33. The molecule has 1 saturated carbocycles. The standard InChI is InChI=1S/C13H10Cl2N2O2/c14-8-3-1-7(2-4-8)10-11(15)16-13(19)17(12(10)18)9-5-6-9/h1-4,9H,5-6H2,(H,16,19). The minimum absolute atomic E-state index is 0.000401. The Hall–Kier alpha value is -1.52. The van der Waals surface area contributed by atoms with Crippen molar-refractivity contribution in [2.75, 3.05) is 0 Å². The van der Waals surface area contributed by atoms with Gasteiger partial charge < -0.3 is 0 Å². The van der Waals surface area contributed by atoms with E-state index in [2.05, 4.69) is 4.98 Å². The SMILES string of the molecule is O=c1[nH]c(Cl)c(-c2ccc(Cl)cc2)c(=O)n1C1CC1. The summed E-state index contributed by atoms with van der Waals surface area (Å²) in [7, 11) is 0. The molecule has 4 nitrogen and oxygen atoms in total. The molecule has 1 heterocycles. The van der Waals surface area contributed by atoms with E-state index in [0.29, 0.717) is 16.1 Å². The van der Waals surface area contributed by atoms with Crippen molar-refractivity contribution in [3.8, 4) is 11.1 Å². The van der Waals surface area contributed by atoms with E-state index in [0.717, 1.165) is 12.8 Å². The van der Waals surface area contributed by atoms with Gasteiger partial charge in [0.25, 0.3) is 5.56 Å². The van der Waals surface area contributed by atoms with Crippen LogP contribution in [0.2, 0.25) is 10.2 Å². The van der Waals surface area contributed by atoms with Crippen molar-refractivity contribution < 1.29 is 0 Å². The second-order valence-electron chi connectivity index (χ2n) is 4.53. The Labute approximate surface area is 118 Å². The summed E-state index contributed by atoms with van der Waals surface area (Å²) in [6, 6.07) is 6.78. The second-order valence-corrected chi connectivity index (χ2v) is 5.35. The highest BCUT2D eigenvalue weighted by atomic mass is 35.5. The Morgan fingerprint density at radius 1 is 1.11 bits per heavy atom. The van der Waals surface area contributed by atoms with E-state index in [-0.39, 0.29) is 16.8 Å². The quantitative estimate of drug-likeness (QED) is 0.867. The third-order valence-electron chi connectivity index (χ3n) is 3.13. The lowest BCUT2D eigenvalue weighted by Gasteiger charge is -2.08. The molecular formula is C13H10Cl2N2O2. The zero-order chi connectivity index (χ0) is 13.6. The number of nitrogens with one attached hydrogen (secondary N) is 1. The molecule has 0 radical (unpaired) electrons. The summed E-state index contributed by atoms with van der Waals surface area (Å²) in [6.45, 7) is 0. The molecule has 1 aliphatic carbocycles. The van der Waals surface area contributed by atoms with Gasteiger partial charge in [-0.15, -0.1) is 0 Å². The molecule has 1 N–H and O–H groups in total. The van der Waals surface area contributed by atoms with Crippen LogP contribution in [0, 0.1) is 0 Å².